The van der Waals surface area contributed by atoms with Gasteiger partial charge in [0.25, 0.3) is 5.56 Å². The van der Waals surface area contributed by atoms with E-state index in [9.17, 15) is 19.8 Å². The number of aryl methyl sites for hydroxylation is 1. The molecule has 0 saturated heterocycles. The summed E-state index contributed by atoms with van der Waals surface area (Å²) in [6.07, 6.45) is 0.832. The largest absolute Gasteiger partial charge is 0.507 e. The Bertz CT molecular complexity index is 1360. The van der Waals surface area contributed by atoms with Crippen LogP contribution in [0.2, 0.25) is 0 Å². The fraction of sp³-hybridized carbons (Fsp3) is 0.375. The Morgan fingerprint density at radius 1 is 1.25 bits per heavy atom. The molecule has 8 heteroatoms. The Balaban J connectivity index is 1.87. The average Bonchev–Trinajstić information content (AvgIpc) is 3.16. The summed E-state index contributed by atoms with van der Waals surface area (Å²) < 4.78 is 6.76. The lowest BCUT2D eigenvalue weighted by Gasteiger charge is -2.31. The highest BCUT2D eigenvalue weighted by molar-refractivity contribution is 5.94. The molecular weight excluding hydrogens is 410 g/mol. The smallest absolute Gasteiger partial charge is 0.343 e. The number of aliphatic hydroxyl groups is 1. The zero-order valence-electron chi connectivity index (χ0n) is 18.3. The molecule has 1 atom stereocenters. The standard InChI is InChI=1S/C24H25N3O5/c1-4-12-6-7-18(28)19-13(9-25-3)14-10-27-17(21(14)26-20(12)19)8-16-15(22(27)29)11-32-23(30)24(16,31)5-2/h6-8,25,28,31H,4-5,9-11H2,1-3H3/t24-/m0/s1. The van der Waals surface area contributed by atoms with Crippen LogP contribution in [-0.4, -0.2) is 32.8 Å². The van der Waals surface area contributed by atoms with Crippen LogP contribution in [0.4, 0.5) is 0 Å². The van der Waals surface area contributed by atoms with Gasteiger partial charge in [-0.25, -0.2) is 9.78 Å². The number of nitrogens with zero attached hydrogens (tertiary/aromatic N) is 2. The molecule has 8 nitrogen and oxygen atoms in total. The van der Waals surface area contributed by atoms with Crippen molar-refractivity contribution < 1.29 is 19.7 Å². The number of ether oxygens (including phenoxy) is 1. The van der Waals surface area contributed by atoms with E-state index in [4.69, 9.17) is 9.72 Å². The number of nitrogens with one attached hydrogen (secondary N) is 1. The predicted octanol–water partition coefficient (Wildman–Crippen LogP) is 2.07. The van der Waals surface area contributed by atoms with Gasteiger partial charge < -0.3 is 24.8 Å². The molecule has 0 unspecified atom stereocenters. The summed E-state index contributed by atoms with van der Waals surface area (Å²) in [5, 5.41) is 25.6. The number of hydrogen-bond donors (Lipinski definition) is 3. The summed E-state index contributed by atoms with van der Waals surface area (Å²) in [6, 6.07) is 5.26. The number of fused-ring (bicyclic) bond motifs is 5. The van der Waals surface area contributed by atoms with Crippen LogP contribution in [-0.2, 0) is 41.2 Å². The number of carbonyl (C=O) groups is 1. The first-order valence-corrected chi connectivity index (χ1v) is 10.8. The van der Waals surface area contributed by atoms with E-state index in [2.05, 4.69) is 5.32 Å². The average molecular weight is 435 g/mol. The SMILES string of the molecule is CCc1ccc(O)c2c(CNC)c3c(nc12)-c1cc2c(c(=O)n1C3)COC(=O)[C@]2(O)CC. The number of carbonyl (C=O) groups excluding carboxylic acids is 1. The molecule has 2 aliphatic heterocycles. The van der Waals surface area contributed by atoms with Crippen molar-refractivity contribution in [3.05, 3.63) is 56.4 Å². The van der Waals surface area contributed by atoms with Gasteiger partial charge >= 0.3 is 5.97 Å². The van der Waals surface area contributed by atoms with Crippen LogP contribution in [0.5, 0.6) is 5.75 Å². The lowest BCUT2D eigenvalue weighted by atomic mass is 9.86. The van der Waals surface area contributed by atoms with Crippen LogP contribution in [0.1, 0.15) is 48.1 Å². The monoisotopic (exact) mass is 435 g/mol. The molecule has 5 rings (SSSR count). The van der Waals surface area contributed by atoms with Crippen molar-refractivity contribution in [1.29, 1.82) is 0 Å². The fourth-order valence-corrected chi connectivity index (χ4v) is 4.97. The summed E-state index contributed by atoms with van der Waals surface area (Å²) in [7, 11) is 1.83. The normalized spacial score (nSPS) is 18.9. The summed E-state index contributed by atoms with van der Waals surface area (Å²) in [5.41, 5.74) is 3.06. The number of aromatic hydroxyl groups is 1. The quantitative estimate of drug-likeness (QED) is 0.421. The van der Waals surface area contributed by atoms with Crippen molar-refractivity contribution in [3.63, 3.8) is 0 Å². The highest BCUT2D eigenvalue weighted by Crippen LogP contribution is 2.42. The van der Waals surface area contributed by atoms with Crippen LogP contribution in [0.3, 0.4) is 0 Å². The van der Waals surface area contributed by atoms with Gasteiger partial charge in [0, 0.05) is 23.1 Å². The molecule has 0 fully saturated rings. The minimum atomic E-state index is -1.86. The second kappa shape index (κ2) is 7.15. The van der Waals surface area contributed by atoms with Gasteiger partial charge in [-0.05, 0) is 43.1 Å². The van der Waals surface area contributed by atoms with Crippen LogP contribution in [0.25, 0.3) is 22.3 Å². The van der Waals surface area contributed by atoms with Crippen molar-refractivity contribution in [2.45, 2.75) is 52.0 Å². The third-order valence-corrected chi connectivity index (χ3v) is 6.75. The van der Waals surface area contributed by atoms with Gasteiger partial charge in [0.1, 0.15) is 12.4 Å². The first kappa shape index (κ1) is 20.7. The van der Waals surface area contributed by atoms with E-state index in [-0.39, 0.29) is 24.3 Å². The maximum Gasteiger partial charge on any atom is 0.343 e. The number of phenolic OH excluding ortho intramolecular Hbond substituents is 1. The maximum atomic E-state index is 13.4. The zero-order chi connectivity index (χ0) is 22.8. The summed E-state index contributed by atoms with van der Waals surface area (Å²) >= 11 is 0. The van der Waals surface area contributed by atoms with Gasteiger partial charge in [0.15, 0.2) is 5.60 Å². The third kappa shape index (κ3) is 2.59. The molecule has 2 aliphatic rings. The molecule has 0 saturated carbocycles. The first-order chi connectivity index (χ1) is 15.3. The van der Waals surface area contributed by atoms with E-state index in [1.807, 2.05) is 20.0 Å². The zero-order valence-corrected chi connectivity index (χ0v) is 18.3. The van der Waals surface area contributed by atoms with E-state index in [0.717, 1.165) is 23.1 Å². The molecule has 3 N–H and O–H groups in total. The number of esters is 1. The van der Waals surface area contributed by atoms with Crippen LogP contribution < -0.4 is 10.9 Å². The molecule has 0 radical (unpaired) electrons. The van der Waals surface area contributed by atoms with Gasteiger partial charge in [0.05, 0.1) is 29.0 Å². The van der Waals surface area contributed by atoms with Crippen molar-refractivity contribution >= 4 is 16.9 Å². The highest BCUT2D eigenvalue weighted by atomic mass is 16.6. The molecule has 3 aromatic rings. The topological polar surface area (TPSA) is 114 Å². The molecule has 166 valence electrons. The lowest BCUT2D eigenvalue weighted by molar-refractivity contribution is -0.172. The van der Waals surface area contributed by atoms with Crippen LogP contribution in [0.15, 0.2) is 23.0 Å². The number of aromatic nitrogens is 2. The van der Waals surface area contributed by atoms with E-state index in [0.29, 0.717) is 46.5 Å². The van der Waals surface area contributed by atoms with Gasteiger partial charge in [-0.2, -0.15) is 0 Å². The molecule has 0 aliphatic carbocycles. The van der Waals surface area contributed by atoms with Crippen molar-refractivity contribution in [2.75, 3.05) is 7.05 Å². The number of pyridine rings is 2. The molecular formula is C24H25N3O5. The Labute approximate surface area is 184 Å². The molecule has 4 heterocycles. The highest BCUT2D eigenvalue weighted by Gasteiger charge is 2.45. The Hall–Kier alpha value is -3.23. The van der Waals surface area contributed by atoms with Crippen molar-refractivity contribution in [2.24, 2.45) is 0 Å². The molecule has 32 heavy (non-hydrogen) atoms. The first-order valence-electron chi connectivity index (χ1n) is 10.8. The lowest BCUT2D eigenvalue weighted by Crippen LogP contribution is -2.44. The summed E-state index contributed by atoms with van der Waals surface area (Å²) in [4.78, 5) is 30.7. The molecule has 0 amide bonds. The van der Waals surface area contributed by atoms with Crippen molar-refractivity contribution in [3.8, 4) is 17.1 Å². The number of cyclic esters (lactones) is 1. The molecule has 0 bridgehead atoms. The second-order valence-electron chi connectivity index (χ2n) is 8.37. The molecule has 1 aromatic carbocycles. The van der Waals surface area contributed by atoms with E-state index < -0.39 is 11.6 Å². The van der Waals surface area contributed by atoms with Crippen LogP contribution in [0, 0.1) is 0 Å². The van der Waals surface area contributed by atoms with Gasteiger partial charge in [-0.1, -0.05) is 19.9 Å². The Morgan fingerprint density at radius 2 is 2.03 bits per heavy atom. The fourth-order valence-electron chi connectivity index (χ4n) is 4.97. The van der Waals surface area contributed by atoms with Gasteiger partial charge in [0.2, 0.25) is 0 Å². The third-order valence-electron chi connectivity index (χ3n) is 6.75. The predicted molar refractivity (Wildman–Crippen MR) is 118 cm³/mol. The van der Waals surface area contributed by atoms with Crippen LogP contribution >= 0.6 is 0 Å². The van der Waals surface area contributed by atoms with E-state index >= 15 is 0 Å². The number of rotatable bonds is 4. The summed E-state index contributed by atoms with van der Waals surface area (Å²) in [6.45, 7) is 4.34. The van der Waals surface area contributed by atoms with Gasteiger partial charge in [-0.15, -0.1) is 0 Å². The number of phenols is 1. The van der Waals surface area contributed by atoms with E-state index in [1.165, 1.54) is 0 Å². The van der Waals surface area contributed by atoms with Gasteiger partial charge in [-0.3, -0.25) is 4.79 Å². The Kier molecular flexibility index (Phi) is 4.61. The minimum Gasteiger partial charge on any atom is -0.507 e. The number of hydrogen-bond acceptors (Lipinski definition) is 7. The maximum absolute atomic E-state index is 13.4. The minimum absolute atomic E-state index is 0.0958. The molecule has 2 aromatic heterocycles. The molecule has 0 spiro atoms. The van der Waals surface area contributed by atoms with E-state index in [1.54, 1.807) is 23.6 Å². The Morgan fingerprint density at radius 3 is 2.72 bits per heavy atom. The number of benzene rings is 1. The van der Waals surface area contributed by atoms with Crippen molar-refractivity contribution in [1.82, 2.24) is 14.9 Å². The second-order valence-corrected chi connectivity index (χ2v) is 8.37. The summed E-state index contributed by atoms with van der Waals surface area (Å²) in [5.74, 6) is -0.588.